The molecule has 1 fully saturated rings. The molecule has 28 heavy (non-hydrogen) atoms. The molecule has 148 valence electrons. The molecule has 0 saturated carbocycles. The summed E-state index contributed by atoms with van der Waals surface area (Å²) in [6, 6.07) is 17.6. The van der Waals surface area contributed by atoms with Gasteiger partial charge in [-0.15, -0.1) is 0 Å². The van der Waals surface area contributed by atoms with Gasteiger partial charge in [0.2, 0.25) is 10.0 Å². The van der Waals surface area contributed by atoms with E-state index >= 15 is 0 Å². The maximum absolute atomic E-state index is 12.6. The van der Waals surface area contributed by atoms with Gasteiger partial charge < -0.3 is 9.64 Å². The molecule has 1 heterocycles. The average Bonchev–Trinajstić information content (AvgIpc) is 2.73. The van der Waals surface area contributed by atoms with Crippen molar-refractivity contribution in [2.24, 2.45) is 0 Å². The summed E-state index contributed by atoms with van der Waals surface area (Å²) in [6.07, 6.45) is 0.344. The molecule has 0 N–H and O–H groups in total. The molecule has 0 aromatic heterocycles. The van der Waals surface area contributed by atoms with Crippen molar-refractivity contribution in [2.75, 3.05) is 43.4 Å². The Labute approximate surface area is 168 Å². The van der Waals surface area contributed by atoms with E-state index in [0.29, 0.717) is 39.2 Å². The Kier molecular flexibility index (Phi) is 6.96. The Morgan fingerprint density at radius 2 is 1.64 bits per heavy atom. The van der Waals surface area contributed by atoms with Crippen LogP contribution in [0, 0.1) is 11.8 Å². The van der Waals surface area contributed by atoms with E-state index in [1.54, 1.807) is 4.31 Å². The van der Waals surface area contributed by atoms with E-state index in [1.165, 1.54) is 0 Å². The van der Waals surface area contributed by atoms with Crippen LogP contribution < -0.4 is 9.64 Å². The molecule has 0 radical (unpaired) electrons. The Balaban J connectivity index is 1.50. The summed E-state index contributed by atoms with van der Waals surface area (Å²) < 4.78 is 32.2. The molecule has 1 aliphatic rings. The van der Waals surface area contributed by atoms with Gasteiger partial charge in [-0.25, -0.2) is 8.42 Å². The number of hydrogen-bond acceptors (Lipinski definition) is 4. The van der Waals surface area contributed by atoms with Gasteiger partial charge in [0, 0.05) is 43.9 Å². The molecule has 0 aliphatic carbocycles. The number of benzene rings is 2. The lowest BCUT2D eigenvalue weighted by Gasteiger charge is -2.35. The van der Waals surface area contributed by atoms with Crippen LogP contribution >= 0.6 is 0 Å². The molecule has 0 amide bonds. The van der Waals surface area contributed by atoms with Crippen molar-refractivity contribution in [1.82, 2.24) is 4.31 Å². The van der Waals surface area contributed by atoms with Crippen LogP contribution in [-0.4, -0.2) is 51.3 Å². The first-order valence-corrected chi connectivity index (χ1v) is 11.2. The number of rotatable bonds is 6. The summed E-state index contributed by atoms with van der Waals surface area (Å²) in [7, 11) is -3.27. The van der Waals surface area contributed by atoms with E-state index in [0.717, 1.165) is 17.0 Å². The molecule has 0 spiro atoms. The van der Waals surface area contributed by atoms with Gasteiger partial charge in [0.05, 0.1) is 12.4 Å². The van der Waals surface area contributed by atoms with Crippen LogP contribution in [0.15, 0.2) is 54.6 Å². The van der Waals surface area contributed by atoms with Gasteiger partial charge >= 0.3 is 0 Å². The highest BCUT2D eigenvalue weighted by molar-refractivity contribution is 7.89. The molecule has 2 aromatic carbocycles. The first-order valence-electron chi connectivity index (χ1n) is 9.58. The topological polar surface area (TPSA) is 49.9 Å². The number of nitrogens with zero attached hydrogens (tertiary/aromatic N) is 2. The Morgan fingerprint density at radius 3 is 2.29 bits per heavy atom. The first-order chi connectivity index (χ1) is 13.6. The zero-order valence-corrected chi connectivity index (χ0v) is 17.0. The van der Waals surface area contributed by atoms with Gasteiger partial charge in [0.1, 0.15) is 5.75 Å². The van der Waals surface area contributed by atoms with E-state index in [4.69, 9.17) is 4.74 Å². The van der Waals surface area contributed by atoms with Crippen molar-refractivity contribution >= 4 is 15.7 Å². The maximum atomic E-state index is 12.6. The van der Waals surface area contributed by atoms with Crippen LogP contribution in [0.4, 0.5) is 5.69 Å². The van der Waals surface area contributed by atoms with Gasteiger partial charge in [-0.2, -0.15) is 4.31 Å². The highest BCUT2D eigenvalue weighted by Crippen LogP contribution is 2.21. The largest absolute Gasteiger partial charge is 0.494 e. The van der Waals surface area contributed by atoms with Crippen LogP contribution in [0.1, 0.15) is 18.9 Å². The van der Waals surface area contributed by atoms with Crippen molar-refractivity contribution in [3.63, 3.8) is 0 Å². The van der Waals surface area contributed by atoms with Crippen molar-refractivity contribution in [1.29, 1.82) is 0 Å². The fourth-order valence-corrected chi connectivity index (χ4v) is 4.48. The molecular weight excluding hydrogens is 372 g/mol. The molecule has 6 heteroatoms. The zero-order valence-electron chi connectivity index (χ0n) is 16.2. The lowest BCUT2D eigenvalue weighted by atomic mass is 10.2. The summed E-state index contributed by atoms with van der Waals surface area (Å²) in [5.74, 6) is 6.90. The van der Waals surface area contributed by atoms with Crippen LogP contribution in [0.3, 0.4) is 0 Å². The van der Waals surface area contributed by atoms with Gasteiger partial charge in [0.15, 0.2) is 0 Å². The lowest BCUT2D eigenvalue weighted by Crippen LogP contribution is -2.49. The second-order valence-electron chi connectivity index (χ2n) is 6.55. The fourth-order valence-electron chi connectivity index (χ4n) is 3.14. The van der Waals surface area contributed by atoms with Crippen molar-refractivity contribution in [2.45, 2.75) is 13.3 Å². The van der Waals surface area contributed by atoms with Gasteiger partial charge in [-0.05, 0) is 43.3 Å². The molecule has 0 bridgehead atoms. The quantitative estimate of drug-likeness (QED) is 0.702. The second-order valence-corrected chi connectivity index (χ2v) is 8.64. The van der Waals surface area contributed by atoms with E-state index in [1.807, 2.05) is 61.5 Å². The summed E-state index contributed by atoms with van der Waals surface area (Å²) in [4.78, 5) is 2.21. The zero-order chi connectivity index (χ0) is 19.8. The first kappa shape index (κ1) is 20.2. The molecule has 3 rings (SSSR count). The third-order valence-electron chi connectivity index (χ3n) is 4.64. The minimum absolute atomic E-state index is 0.0654. The van der Waals surface area contributed by atoms with Crippen molar-refractivity contribution in [3.8, 4) is 17.6 Å². The summed E-state index contributed by atoms with van der Waals surface area (Å²) >= 11 is 0. The predicted octanol–water partition coefficient (Wildman–Crippen LogP) is 2.98. The van der Waals surface area contributed by atoms with Crippen molar-refractivity contribution in [3.05, 3.63) is 60.2 Å². The van der Waals surface area contributed by atoms with E-state index in [9.17, 15) is 8.42 Å². The Hall–Kier alpha value is -2.49. The molecule has 5 nitrogen and oxygen atoms in total. The maximum Gasteiger partial charge on any atom is 0.215 e. The SMILES string of the molecule is CCOc1ccc(N2CCN(S(=O)(=O)CCC#Cc3ccccc3)CC2)cc1. The van der Waals surface area contributed by atoms with Gasteiger partial charge in [-0.3, -0.25) is 0 Å². The summed E-state index contributed by atoms with van der Waals surface area (Å²) in [5.41, 5.74) is 2.00. The molecular formula is C22H26N2O3S. The molecule has 1 saturated heterocycles. The number of anilines is 1. The van der Waals surface area contributed by atoms with Gasteiger partial charge in [-0.1, -0.05) is 30.0 Å². The highest BCUT2D eigenvalue weighted by atomic mass is 32.2. The summed E-state index contributed by atoms with van der Waals surface area (Å²) in [5, 5.41) is 0. The molecule has 2 aromatic rings. The molecule has 0 unspecified atom stereocenters. The average molecular weight is 399 g/mol. The lowest BCUT2D eigenvalue weighted by molar-refractivity contribution is 0.340. The number of sulfonamides is 1. The van der Waals surface area contributed by atoms with E-state index < -0.39 is 10.0 Å². The smallest absolute Gasteiger partial charge is 0.215 e. The Bertz CT molecular complexity index is 908. The van der Waals surface area contributed by atoms with Crippen LogP contribution in [0.2, 0.25) is 0 Å². The number of ether oxygens (including phenoxy) is 1. The van der Waals surface area contributed by atoms with Gasteiger partial charge in [0.25, 0.3) is 0 Å². The monoisotopic (exact) mass is 398 g/mol. The van der Waals surface area contributed by atoms with Crippen molar-refractivity contribution < 1.29 is 13.2 Å². The normalized spacial score (nSPS) is 15.0. The van der Waals surface area contributed by atoms with Crippen LogP contribution in [0.25, 0.3) is 0 Å². The predicted molar refractivity (Wildman–Crippen MR) is 113 cm³/mol. The van der Waals surface area contributed by atoms with Crippen LogP contribution in [0.5, 0.6) is 5.75 Å². The van der Waals surface area contributed by atoms with Crippen LogP contribution in [-0.2, 0) is 10.0 Å². The van der Waals surface area contributed by atoms with E-state index in [-0.39, 0.29) is 5.75 Å². The second kappa shape index (κ2) is 9.63. The number of piperazine rings is 1. The third-order valence-corrected chi connectivity index (χ3v) is 6.51. The molecule has 1 aliphatic heterocycles. The highest BCUT2D eigenvalue weighted by Gasteiger charge is 2.26. The number of hydrogen-bond donors (Lipinski definition) is 0. The molecule has 0 atom stereocenters. The standard InChI is InChI=1S/C22H26N2O3S/c1-2-27-22-13-11-21(12-14-22)23-15-17-24(18-16-23)28(25,26)19-7-6-10-20-8-4-3-5-9-20/h3-5,8-9,11-14H,2,7,15-19H2,1H3. The third kappa shape index (κ3) is 5.51. The van der Waals surface area contributed by atoms with E-state index in [2.05, 4.69) is 16.7 Å². The Morgan fingerprint density at radius 1 is 0.964 bits per heavy atom. The fraction of sp³-hybridized carbons (Fsp3) is 0.364. The minimum atomic E-state index is -3.27. The minimum Gasteiger partial charge on any atom is -0.494 e. The summed E-state index contributed by atoms with van der Waals surface area (Å²) in [6.45, 7) is 4.97.